The molecule has 3 atom stereocenters. The number of amides is 1. The summed E-state index contributed by atoms with van der Waals surface area (Å²) >= 11 is 0. The highest BCUT2D eigenvalue weighted by atomic mass is 31.2. The lowest BCUT2D eigenvalue weighted by atomic mass is 10.1. The maximum Gasteiger partial charge on any atom is 0.329 e. The van der Waals surface area contributed by atoms with Crippen molar-refractivity contribution in [3.05, 3.63) is 35.9 Å². The Morgan fingerprint density at radius 1 is 1.27 bits per heavy atom. The highest BCUT2D eigenvalue weighted by Gasteiger charge is 2.41. The first-order chi connectivity index (χ1) is 14.1. The predicted molar refractivity (Wildman–Crippen MR) is 117 cm³/mol. The van der Waals surface area contributed by atoms with Gasteiger partial charge in [-0.3, -0.25) is 9.36 Å². The van der Waals surface area contributed by atoms with Gasteiger partial charge in [0.15, 0.2) is 0 Å². The van der Waals surface area contributed by atoms with Gasteiger partial charge in [-0.05, 0) is 58.9 Å². The number of nitrogens with two attached hydrogens (primary N) is 1. The summed E-state index contributed by atoms with van der Waals surface area (Å²) in [6.45, 7) is 7.76. The van der Waals surface area contributed by atoms with E-state index in [9.17, 15) is 14.2 Å². The van der Waals surface area contributed by atoms with Crippen LogP contribution in [-0.4, -0.2) is 53.5 Å². The number of nitrogens with zero attached hydrogens (tertiary/aromatic N) is 1. The van der Waals surface area contributed by atoms with Gasteiger partial charge in [0, 0.05) is 6.54 Å². The Hall–Kier alpha value is -1.69. The van der Waals surface area contributed by atoms with Crippen molar-refractivity contribution in [2.75, 3.05) is 19.3 Å². The monoisotopic (exact) mass is 438 g/mol. The van der Waals surface area contributed by atoms with Crippen molar-refractivity contribution in [1.29, 1.82) is 0 Å². The largest absolute Gasteiger partial charge is 0.458 e. The molecule has 168 valence electrons. The molecule has 1 aromatic carbocycles. The Balaban J connectivity index is 2.05. The van der Waals surface area contributed by atoms with Gasteiger partial charge in [0.1, 0.15) is 17.8 Å². The van der Waals surface area contributed by atoms with Gasteiger partial charge in [-0.15, -0.1) is 0 Å². The molecule has 1 fully saturated rings. The van der Waals surface area contributed by atoms with E-state index in [1.165, 1.54) is 4.90 Å². The molecule has 0 saturated carbocycles. The SMILES string of the molecule is CCOP(=O)(CC(=O)N1CCC[C@H]1C(=O)OC(C)(C)C)C(N)CCc1ccccc1. The molecule has 0 aliphatic carbocycles. The lowest BCUT2D eigenvalue weighted by Crippen LogP contribution is -2.45. The molecule has 0 radical (unpaired) electrons. The van der Waals surface area contributed by atoms with E-state index < -0.39 is 30.8 Å². The van der Waals surface area contributed by atoms with E-state index in [0.29, 0.717) is 32.2 Å². The highest BCUT2D eigenvalue weighted by molar-refractivity contribution is 7.60. The van der Waals surface area contributed by atoms with Crippen LogP contribution in [-0.2, 0) is 29.8 Å². The molecule has 1 saturated heterocycles. The van der Waals surface area contributed by atoms with Crippen LogP contribution in [0.3, 0.4) is 0 Å². The zero-order valence-corrected chi connectivity index (χ0v) is 19.4. The molecule has 1 amide bonds. The molecule has 0 bridgehead atoms. The molecule has 1 aliphatic rings. The third-order valence-electron chi connectivity index (χ3n) is 5.03. The van der Waals surface area contributed by atoms with Crippen LogP contribution < -0.4 is 5.73 Å². The second-order valence-corrected chi connectivity index (χ2v) is 11.4. The van der Waals surface area contributed by atoms with Gasteiger partial charge in [0.2, 0.25) is 13.3 Å². The molecular formula is C22H35N2O5P. The zero-order valence-electron chi connectivity index (χ0n) is 18.5. The van der Waals surface area contributed by atoms with Gasteiger partial charge in [-0.1, -0.05) is 30.3 Å². The Kier molecular flexibility index (Phi) is 8.65. The van der Waals surface area contributed by atoms with E-state index in [1.807, 2.05) is 30.3 Å². The van der Waals surface area contributed by atoms with Crippen LogP contribution in [0.4, 0.5) is 0 Å². The fourth-order valence-corrected chi connectivity index (χ4v) is 5.63. The van der Waals surface area contributed by atoms with Gasteiger partial charge >= 0.3 is 5.97 Å². The Morgan fingerprint density at radius 2 is 1.93 bits per heavy atom. The first-order valence-electron chi connectivity index (χ1n) is 10.6. The van der Waals surface area contributed by atoms with Gasteiger partial charge in [-0.2, -0.15) is 0 Å². The van der Waals surface area contributed by atoms with Crippen LogP contribution in [0.2, 0.25) is 0 Å². The standard InChI is InChI=1S/C22H35N2O5P/c1-5-28-30(27,19(23)14-13-17-10-7-6-8-11-17)16-20(25)24-15-9-12-18(24)21(26)29-22(2,3)4/h6-8,10-11,18-19H,5,9,12-16,23H2,1-4H3/t18-,19?,30?/m0/s1. The summed E-state index contributed by atoms with van der Waals surface area (Å²) in [4.78, 5) is 27.0. The second-order valence-electron chi connectivity index (χ2n) is 8.67. The Labute approximate surface area is 179 Å². The number of hydrogen-bond acceptors (Lipinski definition) is 6. The number of carbonyl (C=O) groups excluding carboxylic acids is 2. The number of likely N-dealkylation sites (tertiary alicyclic amines) is 1. The summed E-state index contributed by atoms with van der Waals surface area (Å²) in [6, 6.07) is 9.14. The van der Waals surface area contributed by atoms with Crippen molar-refractivity contribution in [3.8, 4) is 0 Å². The van der Waals surface area contributed by atoms with E-state index in [0.717, 1.165) is 5.56 Å². The van der Waals surface area contributed by atoms with Crippen molar-refractivity contribution in [3.63, 3.8) is 0 Å². The average molecular weight is 439 g/mol. The number of esters is 1. The number of hydrogen-bond donors (Lipinski definition) is 1. The lowest BCUT2D eigenvalue weighted by molar-refractivity contribution is -0.162. The molecule has 30 heavy (non-hydrogen) atoms. The normalized spacial score (nSPS) is 19.9. The predicted octanol–water partition coefficient (Wildman–Crippen LogP) is 3.55. The lowest BCUT2D eigenvalue weighted by Gasteiger charge is -2.30. The molecule has 1 heterocycles. The quantitative estimate of drug-likeness (QED) is 0.468. The number of aryl methyl sites for hydroxylation is 1. The summed E-state index contributed by atoms with van der Waals surface area (Å²) in [6.07, 6.45) is 2.05. The molecule has 1 aliphatic heterocycles. The fourth-order valence-electron chi connectivity index (χ4n) is 3.59. The number of ether oxygens (including phenoxy) is 1. The van der Waals surface area contributed by atoms with Gasteiger partial charge in [0.25, 0.3) is 0 Å². The van der Waals surface area contributed by atoms with Gasteiger partial charge in [-0.25, -0.2) is 4.79 Å². The Bertz CT molecular complexity index is 763. The van der Waals surface area contributed by atoms with Crippen LogP contribution in [0.15, 0.2) is 30.3 Å². The van der Waals surface area contributed by atoms with Crippen LogP contribution >= 0.6 is 7.37 Å². The third-order valence-corrected chi connectivity index (χ3v) is 7.71. The van der Waals surface area contributed by atoms with Crippen LogP contribution in [0.5, 0.6) is 0 Å². The fraction of sp³-hybridized carbons (Fsp3) is 0.636. The van der Waals surface area contributed by atoms with Crippen molar-refractivity contribution in [2.24, 2.45) is 5.73 Å². The van der Waals surface area contributed by atoms with E-state index in [4.69, 9.17) is 15.0 Å². The smallest absolute Gasteiger partial charge is 0.329 e. The van der Waals surface area contributed by atoms with Crippen molar-refractivity contribution in [1.82, 2.24) is 4.90 Å². The zero-order chi connectivity index (χ0) is 22.4. The molecule has 2 rings (SSSR count). The van der Waals surface area contributed by atoms with Crippen LogP contribution in [0, 0.1) is 0 Å². The summed E-state index contributed by atoms with van der Waals surface area (Å²) in [5.41, 5.74) is 6.72. The number of rotatable bonds is 9. The number of benzene rings is 1. The second kappa shape index (κ2) is 10.6. The first-order valence-corrected chi connectivity index (χ1v) is 12.5. The molecule has 0 aromatic heterocycles. The first kappa shape index (κ1) is 24.6. The van der Waals surface area contributed by atoms with Gasteiger partial charge in [0.05, 0.1) is 12.4 Å². The van der Waals surface area contributed by atoms with Crippen molar-refractivity contribution in [2.45, 2.75) is 70.8 Å². The molecule has 7 nitrogen and oxygen atoms in total. The topological polar surface area (TPSA) is 98.9 Å². The van der Waals surface area contributed by atoms with Crippen molar-refractivity contribution < 1.29 is 23.4 Å². The summed E-state index contributed by atoms with van der Waals surface area (Å²) in [5.74, 6) is -1.53. The molecule has 1 aromatic rings. The third kappa shape index (κ3) is 6.93. The molecule has 0 spiro atoms. The Morgan fingerprint density at radius 3 is 2.53 bits per heavy atom. The minimum atomic E-state index is -3.42. The number of carbonyl (C=O) groups is 2. The van der Waals surface area contributed by atoms with E-state index in [2.05, 4.69) is 0 Å². The van der Waals surface area contributed by atoms with Crippen LogP contribution in [0.1, 0.15) is 52.5 Å². The van der Waals surface area contributed by atoms with E-state index in [-0.39, 0.29) is 18.7 Å². The minimum Gasteiger partial charge on any atom is -0.458 e. The maximum absolute atomic E-state index is 13.5. The minimum absolute atomic E-state index is 0.207. The molecular weight excluding hydrogens is 403 g/mol. The molecule has 2 N–H and O–H groups in total. The molecule has 8 heteroatoms. The summed E-state index contributed by atoms with van der Waals surface area (Å²) < 4.78 is 24.5. The van der Waals surface area contributed by atoms with E-state index in [1.54, 1.807) is 27.7 Å². The van der Waals surface area contributed by atoms with Crippen LogP contribution in [0.25, 0.3) is 0 Å². The average Bonchev–Trinajstić information content (AvgIpc) is 3.16. The maximum atomic E-state index is 13.5. The summed E-state index contributed by atoms with van der Waals surface area (Å²) in [5, 5.41) is 0. The van der Waals surface area contributed by atoms with Crippen molar-refractivity contribution >= 4 is 19.2 Å². The van der Waals surface area contributed by atoms with Gasteiger partial charge < -0.3 is 19.9 Å². The summed E-state index contributed by atoms with van der Waals surface area (Å²) in [7, 11) is -3.42. The molecule has 2 unspecified atom stereocenters. The van der Waals surface area contributed by atoms with E-state index >= 15 is 0 Å². The highest BCUT2D eigenvalue weighted by Crippen LogP contribution is 2.51.